The molecule has 0 saturated heterocycles. The lowest BCUT2D eigenvalue weighted by Gasteiger charge is -2.15. The molecular formula is C16H16Cl2FNO2. The van der Waals surface area contributed by atoms with E-state index in [0.717, 1.165) is 5.56 Å². The first-order valence-corrected chi connectivity index (χ1v) is 7.44. The van der Waals surface area contributed by atoms with Gasteiger partial charge in [0.15, 0.2) is 11.5 Å². The summed E-state index contributed by atoms with van der Waals surface area (Å²) in [5, 5.41) is 0.685. The Hall–Kier alpha value is -1.49. The van der Waals surface area contributed by atoms with Crippen molar-refractivity contribution in [2.75, 3.05) is 13.7 Å². The molecule has 0 aromatic heterocycles. The van der Waals surface area contributed by atoms with E-state index in [1.54, 1.807) is 18.2 Å². The van der Waals surface area contributed by atoms with E-state index in [2.05, 4.69) is 0 Å². The second-order valence-electron chi connectivity index (χ2n) is 4.64. The fourth-order valence-corrected chi connectivity index (χ4v) is 2.54. The van der Waals surface area contributed by atoms with E-state index in [0.29, 0.717) is 34.5 Å². The summed E-state index contributed by atoms with van der Waals surface area (Å²) in [6, 6.07) is 8.03. The SMILES string of the molecule is COc1cc(CCN)cc(Cl)c1OCc1c(F)cccc1Cl. The number of rotatable bonds is 6. The van der Waals surface area contributed by atoms with Gasteiger partial charge in [-0.15, -0.1) is 0 Å². The summed E-state index contributed by atoms with van der Waals surface area (Å²) in [5.74, 6) is 0.398. The molecular weight excluding hydrogens is 328 g/mol. The van der Waals surface area contributed by atoms with Gasteiger partial charge in [0.25, 0.3) is 0 Å². The minimum absolute atomic E-state index is 0.0438. The van der Waals surface area contributed by atoms with Gasteiger partial charge in [0.05, 0.1) is 17.2 Å². The van der Waals surface area contributed by atoms with Crippen molar-refractivity contribution in [1.82, 2.24) is 0 Å². The minimum atomic E-state index is -0.428. The van der Waals surface area contributed by atoms with Crippen LogP contribution in [0.4, 0.5) is 4.39 Å². The monoisotopic (exact) mass is 343 g/mol. The first-order chi connectivity index (χ1) is 10.6. The Morgan fingerprint density at radius 2 is 1.95 bits per heavy atom. The van der Waals surface area contributed by atoms with Gasteiger partial charge in [-0.25, -0.2) is 4.39 Å². The number of hydrogen-bond donors (Lipinski definition) is 1. The third kappa shape index (κ3) is 3.83. The van der Waals surface area contributed by atoms with Crippen molar-refractivity contribution in [2.45, 2.75) is 13.0 Å². The Morgan fingerprint density at radius 1 is 1.18 bits per heavy atom. The van der Waals surface area contributed by atoms with Crippen LogP contribution in [0.15, 0.2) is 30.3 Å². The van der Waals surface area contributed by atoms with Crippen LogP contribution in [0, 0.1) is 5.82 Å². The predicted molar refractivity (Wildman–Crippen MR) is 86.5 cm³/mol. The van der Waals surface area contributed by atoms with Crippen molar-refractivity contribution in [3.8, 4) is 11.5 Å². The van der Waals surface area contributed by atoms with Crippen LogP contribution in [0.1, 0.15) is 11.1 Å². The second-order valence-corrected chi connectivity index (χ2v) is 5.45. The quantitative estimate of drug-likeness (QED) is 0.853. The van der Waals surface area contributed by atoms with Crippen LogP contribution in [0.3, 0.4) is 0 Å². The molecule has 0 radical (unpaired) electrons. The molecule has 0 heterocycles. The summed E-state index contributed by atoms with van der Waals surface area (Å²) in [7, 11) is 1.51. The third-order valence-electron chi connectivity index (χ3n) is 3.14. The molecule has 0 aliphatic rings. The average molecular weight is 344 g/mol. The molecule has 0 amide bonds. The van der Waals surface area contributed by atoms with E-state index >= 15 is 0 Å². The Kier molecular flexibility index (Phi) is 5.89. The fourth-order valence-electron chi connectivity index (χ4n) is 2.04. The summed E-state index contributed by atoms with van der Waals surface area (Å²) in [4.78, 5) is 0. The normalized spacial score (nSPS) is 10.6. The maximum atomic E-state index is 13.8. The standard InChI is InChI=1S/C16H16Cl2FNO2/c1-21-15-8-10(5-6-20)7-13(18)16(15)22-9-11-12(17)3-2-4-14(11)19/h2-4,7-8H,5-6,9,20H2,1H3. The van der Waals surface area contributed by atoms with Crippen LogP contribution in [-0.4, -0.2) is 13.7 Å². The zero-order valence-electron chi connectivity index (χ0n) is 12.0. The molecule has 3 nitrogen and oxygen atoms in total. The van der Waals surface area contributed by atoms with E-state index in [4.69, 9.17) is 38.4 Å². The number of ether oxygens (including phenoxy) is 2. The van der Waals surface area contributed by atoms with Crippen molar-refractivity contribution < 1.29 is 13.9 Å². The molecule has 0 saturated carbocycles. The summed E-state index contributed by atoms with van der Waals surface area (Å²) in [6.45, 7) is 0.461. The molecule has 0 aliphatic carbocycles. The molecule has 2 aromatic rings. The van der Waals surface area contributed by atoms with Gasteiger partial charge in [-0.2, -0.15) is 0 Å². The van der Waals surface area contributed by atoms with Gasteiger partial charge in [-0.05, 0) is 42.8 Å². The molecule has 0 fully saturated rings. The van der Waals surface area contributed by atoms with E-state index in [1.807, 2.05) is 0 Å². The zero-order chi connectivity index (χ0) is 16.1. The zero-order valence-corrected chi connectivity index (χ0v) is 13.5. The highest BCUT2D eigenvalue weighted by Gasteiger charge is 2.14. The van der Waals surface area contributed by atoms with Crippen molar-refractivity contribution in [2.24, 2.45) is 5.73 Å². The third-order valence-corrected chi connectivity index (χ3v) is 3.78. The first-order valence-electron chi connectivity index (χ1n) is 6.69. The maximum Gasteiger partial charge on any atom is 0.180 e. The number of hydrogen-bond acceptors (Lipinski definition) is 3. The van der Waals surface area contributed by atoms with Crippen LogP contribution in [0.25, 0.3) is 0 Å². The molecule has 0 unspecified atom stereocenters. The maximum absolute atomic E-state index is 13.8. The molecule has 0 atom stereocenters. The fraction of sp³-hybridized carbons (Fsp3) is 0.250. The van der Waals surface area contributed by atoms with E-state index in [9.17, 15) is 4.39 Å². The van der Waals surface area contributed by atoms with Gasteiger partial charge in [-0.3, -0.25) is 0 Å². The Labute approximate surface area is 138 Å². The lowest BCUT2D eigenvalue weighted by atomic mass is 10.1. The highest BCUT2D eigenvalue weighted by atomic mass is 35.5. The molecule has 2 aromatic carbocycles. The second kappa shape index (κ2) is 7.68. The van der Waals surface area contributed by atoms with Crippen molar-refractivity contribution >= 4 is 23.2 Å². The van der Waals surface area contributed by atoms with Crippen molar-refractivity contribution in [3.63, 3.8) is 0 Å². The highest BCUT2D eigenvalue weighted by molar-refractivity contribution is 6.32. The number of nitrogens with two attached hydrogens (primary N) is 1. The van der Waals surface area contributed by atoms with Crippen LogP contribution < -0.4 is 15.2 Å². The van der Waals surface area contributed by atoms with E-state index in [1.165, 1.54) is 19.2 Å². The van der Waals surface area contributed by atoms with Gasteiger partial charge in [0.1, 0.15) is 12.4 Å². The summed E-state index contributed by atoms with van der Waals surface area (Å²) >= 11 is 12.2. The Bertz CT molecular complexity index is 645. The van der Waals surface area contributed by atoms with Crippen LogP contribution in [-0.2, 0) is 13.0 Å². The Morgan fingerprint density at radius 3 is 2.59 bits per heavy atom. The minimum Gasteiger partial charge on any atom is -0.493 e. The van der Waals surface area contributed by atoms with Gasteiger partial charge >= 0.3 is 0 Å². The molecule has 118 valence electrons. The van der Waals surface area contributed by atoms with Gasteiger partial charge in [0.2, 0.25) is 0 Å². The van der Waals surface area contributed by atoms with E-state index in [-0.39, 0.29) is 12.2 Å². The van der Waals surface area contributed by atoms with E-state index < -0.39 is 5.82 Å². The molecule has 0 spiro atoms. The summed E-state index contributed by atoms with van der Waals surface area (Å²) < 4.78 is 24.7. The van der Waals surface area contributed by atoms with Crippen molar-refractivity contribution in [3.05, 3.63) is 57.3 Å². The molecule has 22 heavy (non-hydrogen) atoms. The summed E-state index contributed by atoms with van der Waals surface area (Å²) in [5.41, 5.74) is 6.75. The smallest absolute Gasteiger partial charge is 0.180 e. The molecule has 2 rings (SSSR count). The topological polar surface area (TPSA) is 44.5 Å². The van der Waals surface area contributed by atoms with Crippen LogP contribution in [0.2, 0.25) is 10.0 Å². The lowest BCUT2D eigenvalue weighted by molar-refractivity contribution is 0.280. The van der Waals surface area contributed by atoms with Crippen LogP contribution >= 0.6 is 23.2 Å². The molecule has 6 heteroatoms. The molecule has 2 N–H and O–H groups in total. The molecule has 0 aliphatic heterocycles. The Balaban J connectivity index is 2.26. The average Bonchev–Trinajstić information content (AvgIpc) is 2.48. The highest BCUT2D eigenvalue weighted by Crippen LogP contribution is 2.37. The van der Waals surface area contributed by atoms with Gasteiger partial charge in [0, 0.05) is 5.56 Å². The predicted octanol–water partition coefficient (Wildman–Crippen LogP) is 4.22. The number of benzene rings is 2. The van der Waals surface area contributed by atoms with Gasteiger partial charge < -0.3 is 15.2 Å². The number of halogens is 3. The van der Waals surface area contributed by atoms with Gasteiger partial charge in [-0.1, -0.05) is 29.3 Å². The largest absolute Gasteiger partial charge is 0.493 e. The van der Waals surface area contributed by atoms with Crippen LogP contribution in [0.5, 0.6) is 11.5 Å². The lowest BCUT2D eigenvalue weighted by Crippen LogP contribution is -2.05. The van der Waals surface area contributed by atoms with Crippen molar-refractivity contribution in [1.29, 1.82) is 0 Å². The number of methoxy groups -OCH3 is 1. The first kappa shape index (κ1) is 16.9. The summed E-state index contributed by atoms with van der Waals surface area (Å²) in [6.07, 6.45) is 0.676. The molecule has 0 bridgehead atoms.